The number of allylic oxidation sites excluding steroid dienone is 4. The number of ether oxygens (including phenoxy) is 1. The minimum Gasteiger partial charge on any atom is -0.486 e. The van der Waals surface area contributed by atoms with Gasteiger partial charge in [-0.1, -0.05) is 36.1 Å². The van der Waals surface area contributed by atoms with Crippen molar-refractivity contribution < 1.29 is 18.7 Å². The van der Waals surface area contributed by atoms with Gasteiger partial charge in [0.15, 0.2) is 5.82 Å². The van der Waals surface area contributed by atoms with E-state index < -0.39 is 30.5 Å². The summed E-state index contributed by atoms with van der Waals surface area (Å²) < 4.78 is 21.1. The topological polar surface area (TPSA) is 98.1 Å². The van der Waals surface area contributed by atoms with E-state index in [4.69, 9.17) is 4.74 Å². The fourth-order valence-corrected chi connectivity index (χ4v) is 3.41. The molecule has 1 aliphatic rings. The minimum atomic E-state index is -0.848. The highest BCUT2D eigenvalue weighted by Crippen LogP contribution is 2.45. The molecule has 0 saturated carbocycles. The summed E-state index contributed by atoms with van der Waals surface area (Å²) in [6.45, 7) is 5.16. The third-order valence-corrected chi connectivity index (χ3v) is 4.84. The van der Waals surface area contributed by atoms with Crippen molar-refractivity contribution in [1.82, 2.24) is 20.3 Å². The van der Waals surface area contributed by atoms with E-state index in [2.05, 4.69) is 27.5 Å². The van der Waals surface area contributed by atoms with Gasteiger partial charge in [0.05, 0.1) is 17.7 Å². The van der Waals surface area contributed by atoms with E-state index in [-0.39, 0.29) is 22.7 Å². The maximum Gasteiger partial charge on any atom is 0.256 e. The van der Waals surface area contributed by atoms with Crippen molar-refractivity contribution in [3.8, 4) is 5.75 Å². The number of amides is 2. The molecule has 3 rings (SSSR count). The van der Waals surface area contributed by atoms with Crippen molar-refractivity contribution >= 4 is 17.6 Å². The number of nitrogens with zero attached hydrogens (tertiary/aromatic N) is 3. The molecule has 1 aliphatic heterocycles. The Bertz CT molecular complexity index is 1070. The summed E-state index contributed by atoms with van der Waals surface area (Å²) in [6.07, 6.45) is 7.93. The SMILES string of the molecule is C=C(/C=C\C=C/C)[C@@H]1c2cc(C(=O)Nc3cn(C)nn3)cc(C(=O)NC)c2O[C@H]1CF. The Labute approximate surface area is 179 Å². The normalized spacial score (nSPS) is 17.5. The molecular weight excluding hydrogens is 401 g/mol. The Morgan fingerprint density at radius 3 is 2.71 bits per heavy atom. The van der Waals surface area contributed by atoms with Crippen LogP contribution in [0.3, 0.4) is 0 Å². The molecule has 1 aromatic carbocycles. The standard InChI is InChI=1S/C22H24FN5O3/c1-5-6-7-8-13(2)19-15-9-14(21(29)25-18-12-28(4)27-26-18)10-16(22(30)24-3)20(15)31-17(19)11-23/h5-10,12,17,19H,2,11H2,1,3-4H3,(H,24,30)(H,25,29)/b6-5-,8-7-/t17-,19+/m0/s1. The second-order valence-electron chi connectivity index (χ2n) is 7.00. The number of rotatable bonds is 7. The largest absolute Gasteiger partial charge is 0.486 e. The lowest BCUT2D eigenvalue weighted by Gasteiger charge is -2.16. The molecule has 8 nitrogen and oxygen atoms in total. The van der Waals surface area contributed by atoms with Gasteiger partial charge in [-0.15, -0.1) is 5.10 Å². The van der Waals surface area contributed by atoms with Crippen LogP contribution in [-0.4, -0.2) is 46.6 Å². The van der Waals surface area contributed by atoms with Gasteiger partial charge in [0.1, 0.15) is 18.5 Å². The predicted octanol–water partition coefficient (Wildman–Crippen LogP) is 2.93. The van der Waals surface area contributed by atoms with Gasteiger partial charge in [0.2, 0.25) is 0 Å². The van der Waals surface area contributed by atoms with E-state index in [9.17, 15) is 14.0 Å². The van der Waals surface area contributed by atoms with Crippen molar-refractivity contribution in [3.05, 3.63) is 71.5 Å². The van der Waals surface area contributed by atoms with Gasteiger partial charge in [0.25, 0.3) is 11.8 Å². The Morgan fingerprint density at radius 1 is 1.32 bits per heavy atom. The first-order valence-corrected chi connectivity index (χ1v) is 9.68. The molecular formula is C22H24FN5O3. The smallest absolute Gasteiger partial charge is 0.256 e. The minimum absolute atomic E-state index is 0.149. The number of alkyl halides is 1. The zero-order valence-electron chi connectivity index (χ0n) is 17.6. The maximum absolute atomic E-state index is 13.8. The highest BCUT2D eigenvalue weighted by Gasteiger charge is 2.39. The molecule has 2 amide bonds. The number of carbonyl (C=O) groups excluding carboxylic acids is 2. The number of hydrogen-bond acceptors (Lipinski definition) is 5. The highest BCUT2D eigenvalue weighted by molar-refractivity contribution is 6.07. The number of hydrogen-bond donors (Lipinski definition) is 2. The van der Waals surface area contributed by atoms with Gasteiger partial charge < -0.3 is 15.4 Å². The Balaban J connectivity index is 2.06. The number of benzene rings is 1. The first kappa shape index (κ1) is 21.9. The van der Waals surface area contributed by atoms with Crippen molar-refractivity contribution in [2.45, 2.75) is 18.9 Å². The average molecular weight is 425 g/mol. The van der Waals surface area contributed by atoms with Crippen LogP contribution in [0.2, 0.25) is 0 Å². The molecule has 0 bridgehead atoms. The maximum atomic E-state index is 13.8. The summed E-state index contributed by atoms with van der Waals surface area (Å²) in [5.41, 5.74) is 1.49. The number of anilines is 1. The number of nitrogens with one attached hydrogen (secondary N) is 2. The monoisotopic (exact) mass is 425 g/mol. The fraction of sp³-hybridized carbons (Fsp3) is 0.273. The molecule has 1 aromatic heterocycles. The Hall–Kier alpha value is -3.75. The lowest BCUT2D eigenvalue weighted by molar-refractivity contribution is 0.0955. The zero-order valence-corrected chi connectivity index (χ0v) is 17.6. The second kappa shape index (κ2) is 9.38. The van der Waals surface area contributed by atoms with E-state index in [1.54, 1.807) is 31.5 Å². The Kier molecular flexibility index (Phi) is 6.64. The van der Waals surface area contributed by atoms with Gasteiger partial charge in [-0.2, -0.15) is 0 Å². The van der Waals surface area contributed by atoms with Gasteiger partial charge in [-0.3, -0.25) is 14.3 Å². The van der Waals surface area contributed by atoms with E-state index in [0.29, 0.717) is 11.1 Å². The summed E-state index contributed by atoms with van der Waals surface area (Å²) in [5.74, 6) is -0.954. The first-order chi connectivity index (χ1) is 14.9. The molecule has 2 heterocycles. The molecule has 162 valence electrons. The molecule has 31 heavy (non-hydrogen) atoms. The third kappa shape index (κ3) is 4.55. The molecule has 2 aromatic rings. The molecule has 0 radical (unpaired) electrons. The van der Waals surface area contributed by atoms with E-state index in [1.165, 1.54) is 17.8 Å². The number of carbonyl (C=O) groups is 2. The van der Waals surface area contributed by atoms with Crippen LogP contribution in [0, 0.1) is 0 Å². The summed E-state index contributed by atoms with van der Waals surface area (Å²) >= 11 is 0. The summed E-state index contributed by atoms with van der Waals surface area (Å²) in [6, 6.07) is 3.02. The average Bonchev–Trinajstić information content (AvgIpc) is 3.35. The van der Waals surface area contributed by atoms with Crippen molar-refractivity contribution in [2.75, 3.05) is 19.0 Å². The van der Waals surface area contributed by atoms with Gasteiger partial charge >= 0.3 is 0 Å². The molecule has 0 unspecified atom stereocenters. The number of halogens is 1. The molecule has 0 fully saturated rings. The number of fused-ring (bicyclic) bond motifs is 1. The van der Waals surface area contributed by atoms with E-state index in [0.717, 1.165) is 0 Å². The van der Waals surface area contributed by atoms with E-state index >= 15 is 0 Å². The molecule has 9 heteroatoms. The van der Waals surface area contributed by atoms with E-state index in [1.807, 2.05) is 19.1 Å². The van der Waals surface area contributed by atoms with Gasteiger partial charge in [-0.25, -0.2) is 4.39 Å². The van der Waals surface area contributed by atoms with Crippen LogP contribution in [-0.2, 0) is 7.05 Å². The summed E-state index contributed by atoms with van der Waals surface area (Å²) in [4.78, 5) is 25.3. The number of aryl methyl sites for hydroxylation is 1. The van der Waals surface area contributed by atoms with Crippen molar-refractivity contribution in [1.29, 1.82) is 0 Å². The van der Waals surface area contributed by atoms with Crippen LogP contribution in [0.4, 0.5) is 10.2 Å². The zero-order chi connectivity index (χ0) is 22.5. The third-order valence-electron chi connectivity index (χ3n) is 4.84. The lowest BCUT2D eigenvalue weighted by Crippen LogP contribution is -2.22. The molecule has 0 saturated heterocycles. The van der Waals surface area contributed by atoms with Crippen LogP contribution < -0.4 is 15.4 Å². The molecule has 0 spiro atoms. The number of aromatic nitrogens is 3. The molecule has 0 aliphatic carbocycles. The van der Waals surface area contributed by atoms with Crippen LogP contribution in [0.1, 0.15) is 39.1 Å². The molecule has 2 N–H and O–H groups in total. The van der Waals surface area contributed by atoms with Crippen LogP contribution in [0.15, 0.2) is 54.8 Å². The highest BCUT2D eigenvalue weighted by atomic mass is 19.1. The van der Waals surface area contributed by atoms with Crippen molar-refractivity contribution in [2.24, 2.45) is 7.05 Å². The predicted molar refractivity (Wildman–Crippen MR) is 115 cm³/mol. The van der Waals surface area contributed by atoms with Crippen molar-refractivity contribution in [3.63, 3.8) is 0 Å². The van der Waals surface area contributed by atoms with Crippen LogP contribution in [0.5, 0.6) is 5.75 Å². The first-order valence-electron chi connectivity index (χ1n) is 9.68. The summed E-state index contributed by atoms with van der Waals surface area (Å²) in [7, 11) is 3.15. The van der Waals surface area contributed by atoms with Crippen LogP contribution >= 0.6 is 0 Å². The quantitative estimate of drug-likeness (QED) is 0.665. The van der Waals surface area contributed by atoms with Gasteiger partial charge in [0, 0.05) is 25.2 Å². The Morgan fingerprint density at radius 2 is 2.10 bits per heavy atom. The summed E-state index contributed by atoms with van der Waals surface area (Å²) in [5, 5.41) is 12.8. The second-order valence-corrected chi connectivity index (χ2v) is 7.00. The fourth-order valence-electron chi connectivity index (χ4n) is 3.41. The molecule has 2 atom stereocenters. The lowest BCUT2D eigenvalue weighted by atomic mass is 9.86. The van der Waals surface area contributed by atoms with Crippen LogP contribution in [0.25, 0.3) is 0 Å². The van der Waals surface area contributed by atoms with Gasteiger partial charge in [-0.05, 0) is 24.6 Å².